The van der Waals surface area contributed by atoms with Crippen LogP contribution in [0.15, 0.2) is 52.0 Å². The van der Waals surface area contributed by atoms with Crippen molar-refractivity contribution in [2.45, 2.75) is 0 Å². The number of nitrogens with zero attached hydrogens (tertiary/aromatic N) is 3. The van der Waals surface area contributed by atoms with E-state index in [1.54, 1.807) is 18.3 Å². The smallest absolute Gasteiger partial charge is 0.153 e. The summed E-state index contributed by atoms with van der Waals surface area (Å²) in [7, 11) is 4.01. The lowest BCUT2D eigenvalue weighted by Gasteiger charge is -2.05. The molecule has 0 amide bonds. The van der Waals surface area contributed by atoms with Gasteiger partial charge in [-0.05, 0) is 38.4 Å². The van der Waals surface area contributed by atoms with Crippen LogP contribution in [0.25, 0.3) is 28.5 Å². The third-order valence-electron chi connectivity index (χ3n) is 3.54. The number of furan rings is 1. The molecule has 0 saturated carbocycles. The number of amidine groups is 1. The molecule has 3 N–H and O–H groups in total. The number of para-hydroxylation sites is 1. The van der Waals surface area contributed by atoms with E-state index in [0.29, 0.717) is 18.2 Å². The van der Waals surface area contributed by atoms with Crippen molar-refractivity contribution in [3.8, 4) is 11.5 Å². The third kappa shape index (κ3) is 3.91. The van der Waals surface area contributed by atoms with Crippen molar-refractivity contribution >= 4 is 22.9 Å². The number of aromatic amines is 1. The third-order valence-corrected chi connectivity index (χ3v) is 3.54. The van der Waals surface area contributed by atoms with E-state index < -0.39 is 0 Å². The second kappa shape index (κ2) is 7.14. The Kier molecular flexibility index (Phi) is 4.77. The molecule has 0 aliphatic carbocycles. The second-order valence-electron chi connectivity index (χ2n) is 5.77. The van der Waals surface area contributed by atoms with Gasteiger partial charge in [-0.15, -0.1) is 0 Å². The molecule has 0 bridgehead atoms. The Labute approximate surface area is 140 Å². The van der Waals surface area contributed by atoms with E-state index in [-0.39, 0.29) is 0 Å². The van der Waals surface area contributed by atoms with Crippen LogP contribution in [0, 0.1) is 0 Å². The number of likely N-dealkylation sites (N-methyl/N-ethyl adjacent to an activating group) is 1. The van der Waals surface area contributed by atoms with Crippen molar-refractivity contribution in [1.82, 2.24) is 14.9 Å². The Hall–Kier alpha value is -2.86. The van der Waals surface area contributed by atoms with Crippen molar-refractivity contribution in [1.29, 1.82) is 0 Å². The molecule has 0 aliphatic rings. The van der Waals surface area contributed by atoms with Crippen LogP contribution in [0.4, 0.5) is 0 Å². The molecule has 6 heteroatoms. The maximum Gasteiger partial charge on any atom is 0.153 e. The molecule has 0 spiro atoms. The summed E-state index contributed by atoms with van der Waals surface area (Å²) in [5.41, 5.74) is 7.55. The highest BCUT2D eigenvalue weighted by Gasteiger charge is 2.08. The normalized spacial score (nSPS) is 12.7. The Balaban J connectivity index is 1.70. The van der Waals surface area contributed by atoms with Crippen LogP contribution in [-0.2, 0) is 0 Å². The number of nitrogens with one attached hydrogen (secondary N) is 1. The number of benzene rings is 1. The first kappa shape index (κ1) is 16.0. The number of H-pyrrole nitrogens is 1. The lowest BCUT2D eigenvalue weighted by molar-refractivity contribution is 0.420. The molecule has 3 rings (SSSR count). The molecule has 0 radical (unpaired) electrons. The van der Waals surface area contributed by atoms with Gasteiger partial charge < -0.3 is 20.0 Å². The van der Waals surface area contributed by atoms with Crippen LogP contribution in [-0.4, -0.2) is 47.9 Å². The summed E-state index contributed by atoms with van der Waals surface area (Å²) in [5, 5.41) is 1.07. The summed E-state index contributed by atoms with van der Waals surface area (Å²) in [6.07, 6.45) is 5.30. The molecule has 0 atom stereocenters. The topological polar surface area (TPSA) is 83.4 Å². The molecule has 2 heterocycles. The van der Waals surface area contributed by atoms with Gasteiger partial charge in [0.1, 0.15) is 22.9 Å². The maximum atomic E-state index is 5.86. The average Bonchev–Trinajstić information content (AvgIpc) is 3.19. The summed E-state index contributed by atoms with van der Waals surface area (Å²) in [6.45, 7) is 1.54. The van der Waals surface area contributed by atoms with Gasteiger partial charge in [0.25, 0.3) is 0 Å². The van der Waals surface area contributed by atoms with Crippen LogP contribution in [0.2, 0.25) is 0 Å². The summed E-state index contributed by atoms with van der Waals surface area (Å²) in [5.74, 6) is 1.95. The van der Waals surface area contributed by atoms with Crippen LogP contribution in [0.1, 0.15) is 5.82 Å². The number of hydrogen-bond acceptors (Lipinski definition) is 4. The minimum Gasteiger partial charge on any atom is -0.454 e. The van der Waals surface area contributed by atoms with E-state index >= 15 is 0 Å². The number of aliphatic imine (C=N–C) groups is 1. The fourth-order valence-corrected chi connectivity index (χ4v) is 2.26. The molecule has 24 heavy (non-hydrogen) atoms. The van der Waals surface area contributed by atoms with E-state index in [9.17, 15) is 0 Å². The number of hydrogen-bond donors (Lipinski definition) is 2. The molecule has 6 nitrogen and oxygen atoms in total. The van der Waals surface area contributed by atoms with Crippen LogP contribution in [0.5, 0.6) is 0 Å². The van der Waals surface area contributed by atoms with Crippen molar-refractivity contribution in [3.63, 3.8) is 0 Å². The molecule has 3 aromatic rings. The van der Waals surface area contributed by atoms with Crippen LogP contribution < -0.4 is 5.73 Å². The zero-order valence-electron chi connectivity index (χ0n) is 13.9. The number of nitrogens with two attached hydrogens (primary N) is 1. The highest BCUT2D eigenvalue weighted by molar-refractivity contribution is 5.94. The summed E-state index contributed by atoms with van der Waals surface area (Å²) >= 11 is 0. The average molecular weight is 323 g/mol. The van der Waals surface area contributed by atoms with E-state index in [1.807, 2.05) is 44.4 Å². The lowest BCUT2D eigenvalue weighted by atomic mass is 10.2. The second-order valence-corrected chi connectivity index (χ2v) is 5.77. The van der Waals surface area contributed by atoms with Gasteiger partial charge in [-0.1, -0.05) is 18.2 Å². The molecule has 124 valence electrons. The molecular formula is C18H21N5O. The van der Waals surface area contributed by atoms with Gasteiger partial charge in [-0.2, -0.15) is 0 Å². The molecule has 0 saturated heterocycles. The zero-order chi connectivity index (χ0) is 16.9. The quantitative estimate of drug-likeness (QED) is 0.540. The summed E-state index contributed by atoms with van der Waals surface area (Å²) < 4.78 is 5.82. The number of aromatic nitrogens is 2. The zero-order valence-corrected chi connectivity index (χ0v) is 13.9. The fraction of sp³-hybridized carbons (Fsp3) is 0.222. The molecule has 0 fully saturated rings. The first-order valence-corrected chi connectivity index (χ1v) is 7.78. The number of imidazole rings is 1. The monoisotopic (exact) mass is 323 g/mol. The summed E-state index contributed by atoms with van der Waals surface area (Å²) in [4.78, 5) is 13.9. The van der Waals surface area contributed by atoms with E-state index in [1.165, 1.54) is 0 Å². The van der Waals surface area contributed by atoms with Crippen molar-refractivity contribution in [2.24, 2.45) is 10.7 Å². The lowest BCUT2D eigenvalue weighted by Crippen LogP contribution is -2.17. The highest BCUT2D eigenvalue weighted by Crippen LogP contribution is 2.26. The van der Waals surface area contributed by atoms with Gasteiger partial charge in [-0.3, -0.25) is 4.99 Å². The molecular weight excluding hydrogens is 302 g/mol. The van der Waals surface area contributed by atoms with E-state index in [0.717, 1.165) is 29.0 Å². The van der Waals surface area contributed by atoms with E-state index in [2.05, 4.69) is 19.9 Å². The van der Waals surface area contributed by atoms with Crippen molar-refractivity contribution < 1.29 is 4.42 Å². The maximum absolute atomic E-state index is 5.86. The Morgan fingerprint density at radius 3 is 3.00 bits per heavy atom. The Morgan fingerprint density at radius 1 is 1.38 bits per heavy atom. The van der Waals surface area contributed by atoms with Gasteiger partial charge >= 0.3 is 0 Å². The number of fused-ring (bicyclic) bond motifs is 1. The van der Waals surface area contributed by atoms with Crippen LogP contribution in [0.3, 0.4) is 0 Å². The van der Waals surface area contributed by atoms with Crippen molar-refractivity contribution in [2.75, 3.05) is 27.2 Å². The molecule has 0 unspecified atom stereocenters. The van der Waals surface area contributed by atoms with Crippen LogP contribution >= 0.6 is 0 Å². The first-order chi connectivity index (χ1) is 11.6. The minimum absolute atomic E-state index is 0.485. The van der Waals surface area contributed by atoms with Gasteiger partial charge in [-0.25, -0.2) is 4.98 Å². The van der Waals surface area contributed by atoms with Gasteiger partial charge in [0.05, 0.1) is 12.7 Å². The van der Waals surface area contributed by atoms with Gasteiger partial charge in [0, 0.05) is 11.9 Å². The largest absolute Gasteiger partial charge is 0.454 e. The molecule has 1 aromatic carbocycles. The number of rotatable bonds is 6. The molecule has 2 aromatic heterocycles. The highest BCUT2D eigenvalue weighted by atomic mass is 16.3. The fourth-order valence-electron chi connectivity index (χ4n) is 2.26. The van der Waals surface area contributed by atoms with E-state index in [4.69, 9.17) is 10.2 Å². The summed E-state index contributed by atoms with van der Waals surface area (Å²) in [6, 6.07) is 9.90. The Bertz CT molecular complexity index is 839. The van der Waals surface area contributed by atoms with Gasteiger partial charge in [0.15, 0.2) is 5.76 Å². The van der Waals surface area contributed by atoms with Crippen molar-refractivity contribution in [3.05, 3.63) is 48.4 Å². The SMILES string of the molecule is CN(C)CCN=C(N)/C=C\c1ncc(-c2cc3ccccc3o2)[nH]1. The minimum atomic E-state index is 0.485. The predicted molar refractivity (Wildman–Crippen MR) is 97.9 cm³/mol. The predicted octanol–water partition coefficient (Wildman–Crippen LogP) is 2.75. The molecule has 0 aliphatic heterocycles. The Morgan fingerprint density at radius 2 is 2.21 bits per heavy atom. The first-order valence-electron chi connectivity index (χ1n) is 7.78. The van der Waals surface area contributed by atoms with Gasteiger partial charge in [0.2, 0.25) is 0 Å². The standard InChI is InChI=1S/C18H21N5O/c1-23(2)10-9-20-17(19)7-8-18-21-12-14(22-18)16-11-13-5-3-4-6-15(13)24-16/h3-8,11-12H,9-10H2,1-2H3,(H2,19,20)(H,21,22)/b8-7-.